The predicted octanol–water partition coefficient (Wildman–Crippen LogP) is 6.78. The Kier molecular flexibility index (Phi) is 7.29. The lowest BCUT2D eigenvalue weighted by Gasteiger charge is -2.31. The molecule has 0 N–H and O–H groups in total. The van der Waals surface area contributed by atoms with E-state index in [9.17, 15) is 9.59 Å². The Labute approximate surface area is 229 Å². The van der Waals surface area contributed by atoms with Crippen molar-refractivity contribution in [2.75, 3.05) is 19.1 Å². The summed E-state index contributed by atoms with van der Waals surface area (Å²) < 4.78 is 16.9. The van der Waals surface area contributed by atoms with Crippen LogP contribution in [-0.4, -0.2) is 31.7 Å². The number of methoxy groups -OCH3 is 2. The SMILES string of the molecule is COC(=O)c1cccc(C=Cc2cccc(N(Cc3ccc4c(c3OC)OC(C)(C)C=C4)C(=O)C3CC3)c2)c1. The molecule has 3 aromatic carbocycles. The molecule has 3 aromatic rings. The lowest BCUT2D eigenvalue weighted by Crippen LogP contribution is -2.32. The Hall–Kier alpha value is -4.32. The highest BCUT2D eigenvalue weighted by atomic mass is 16.5. The fourth-order valence-corrected chi connectivity index (χ4v) is 4.68. The predicted molar refractivity (Wildman–Crippen MR) is 154 cm³/mol. The molecule has 6 heteroatoms. The number of fused-ring (bicyclic) bond motifs is 1. The average molecular weight is 524 g/mol. The monoisotopic (exact) mass is 523 g/mol. The first-order chi connectivity index (χ1) is 18.8. The Morgan fingerprint density at radius 1 is 1.00 bits per heavy atom. The van der Waals surface area contributed by atoms with Crippen LogP contribution in [-0.2, 0) is 16.1 Å². The summed E-state index contributed by atoms with van der Waals surface area (Å²) in [5.41, 5.74) is 4.53. The Morgan fingerprint density at radius 2 is 1.72 bits per heavy atom. The van der Waals surface area contributed by atoms with Crippen LogP contribution in [0.5, 0.6) is 11.5 Å². The van der Waals surface area contributed by atoms with Gasteiger partial charge in [0.2, 0.25) is 5.91 Å². The van der Waals surface area contributed by atoms with Gasteiger partial charge in [-0.2, -0.15) is 0 Å². The maximum Gasteiger partial charge on any atom is 0.337 e. The third-order valence-electron chi connectivity index (χ3n) is 6.94. The second-order valence-corrected chi connectivity index (χ2v) is 10.5. The van der Waals surface area contributed by atoms with Crippen molar-refractivity contribution in [1.29, 1.82) is 0 Å². The molecule has 0 radical (unpaired) electrons. The van der Waals surface area contributed by atoms with E-state index in [-0.39, 0.29) is 17.8 Å². The fourth-order valence-electron chi connectivity index (χ4n) is 4.68. The number of carbonyl (C=O) groups is 2. The van der Waals surface area contributed by atoms with Crippen molar-refractivity contribution in [3.63, 3.8) is 0 Å². The summed E-state index contributed by atoms with van der Waals surface area (Å²) in [6.45, 7) is 4.38. The summed E-state index contributed by atoms with van der Waals surface area (Å²) in [5, 5.41) is 0. The first-order valence-corrected chi connectivity index (χ1v) is 13.1. The van der Waals surface area contributed by atoms with Crippen molar-refractivity contribution in [2.24, 2.45) is 5.92 Å². The summed E-state index contributed by atoms with van der Waals surface area (Å²) in [6.07, 6.45) is 9.82. The minimum absolute atomic E-state index is 0.0481. The van der Waals surface area contributed by atoms with E-state index in [1.807, 2.05) is 85.5 Å². The number of amides is 1. The second-order valence-electron chi connectivity index (χ2n) is 10.5. The van der Waals surface area contributed by atoms with E-state index in [4.69, 9.17) is 14.2 Å². The van der Waals surface area contributed by atoms with E-state index in [2.05, 4.69) is 6.08 Å². The zero-order chi connectivity index (χ0) is 27.6. The molecule has 1 fully saturated rings. The smallest absolute Gasteiger partial charge is 0.337 e. The fraction of sp³-hybridized carbons (Fsp3) is 0.273. The van der Waals surface area contributed by atoms with E-state index in [0.29, 0.717) is 23.6 Å². The first-order valence-electron chi connectivity index (χ1n) is 13.1. The van der Waals surface area contributed by atoms with Crippen LogP contribution in [0.4, 0.5) is 5.69 Å². The van der Waals surface area contributed by atoms with Gasteiger partial charge in [0.15, 0.2) is 11.5 Å². The van der Waals surface area contributed by atoms with Gasteiger partial charge < -0.3 is 19.1 Å². The van der Waals surface area contributed by atoms with Crippen LogP contribution in [0.3, 0.4) is 0 Å². The summed E-state index contributed by atoms with van der Waals surface area (Å²) in [5.74, 6) is 1.14. The number of hydrogen-bond acceptors (Lipinski definition) is 5. The molecule has 1 aliphatic heterocycles. The molecule has 39 heavy (non-hydrogen) atoms. The van der Waals surface area contributed by atoms with E-state index < -0.39 is 5.60 Å². The van der Waals surface area contributed by atoms with Gasteiger partial charge in [0, 0.05) is 22.7 Å². The van der Waals surface area contributed by atoms with Crippen LogP contribution in [0.1, 0.15) is 59.3 Å². The number of hydrogen-bond donors (Lipinski definition) is 0. The quantitative estimate of drug-likeness (QED) is 0.241. The van der Waals surface area contributed by atoms with Gasteiger partial charge >= 0.3 is 5.97 Å². The first kappa shape index (κ1) is 26.3. The lowest BCUT2D eigenvalue weighted by molar-refractivity contribution is -0.119. The molecule has 1 heterocycles. The molecule has 5 rings (SSSR count). The van der Waals surface area contributed by atoms with Crippen LogP contribution in [0, 0.1) is 5.92 Å². The number of carbonyl (C=O) groups excluding carboxylic acids is 2. The van der Waals surface area contributed by atoms with Gasteiger partial charge in [-0.05, 0) is 68.2 Å². The van der Waals surface area contributed by atoms with Crippen LogP contribution in [0.25, 0.3) is 18.2 Å². The van der Waals surface area contributed by atoms with Gasteiger partial charge in [0.1, 0.15) is 5.60 Å². The van der Waals surface area contributed by atoms with Crippen molar-refractivity contribution in [2.45, 2.75) is 38.8 Å². The van der Waals surface area contributed by atoms with Crippen LogP contribution in [0.2, 0.25) is 0 Å². The van der Waals surface area contributed by atoms with Crippen molar-refractivity contribution < 1.29 is 23.8 Å². The highest BCUT2D eigenvalue weighted by Crippen LogP contribution is 2.42. The molecular formula is C33H33NO5. The van der Waals surface area contributed by atoms with Crippen LogP contribution in [0.15, 0.2) is 66.7 Å². The number of benzene rings is 3. The van der Waals surface area contributed by atoms with Gasteiger partial charge in [0.05, 0.1) is 26.3 Å². The third-order valence-corrected chi connectivity index (χ3v) is 6.94. The summed E-state index contributed by atoms with van der Waals surface area (Å²) in [6, 6.07) is 19.2. The third kappa shape index (κ3) is 5.90. The Bertz CT molecular complexity index is 1460. The average Bonchev–Trinajstić information content (AvgIpc) is 3.79. The Balaban J connectivity index is 1.45. The molecule has 0 saturated heterocycles. The molecule has 1 saturated carbocycles. The number of anilines is 1. The van der Waals surface area contributed by atoms with Gasteiger partial charge in [-0.15, -0.1) is 0 Å². The lowest BCUT2D eigenvalue weighted by atomic mass is 9.99. The summed E-state index contributed by atoms with van der Waals surface area (Å²) >= 11 is 0. The van der Waals surface area contributed by atoms with Crippen molar-refractivity contribution in [1.82, 2.24) is 0 Å². The molecule has 1 amide bonds. The molecular weight excluding hydrogens is 490 g/mol. The molecule has 6 nitrogen and oxygen atoms in total. The maximum atomic E-state index is 13.5. The van der Waals surface area contributed by atoms with E-state index in [1.54, 1.807) is 19.2 Å². The Morgan fingerprint density at radius 3 is 2.41 bits per heavy atom. The van der Waals surface area contributed by atoms with Crippen LogP contribution < -0.4 is 14.4 Å². The minimum Gasteiger partial charge on any atom is -0.492 e. The minimum atomic E-state index is -0.445. The normalized spacial score (nSPS) is 15.4. The van der Waals surface area contributed by atoms with E-state index in [1.165, 1.54) is 7.11 Å². The van der Waals surface area contributed by atoms with Gasteiger partial charge in [-0.3, -0.25) is 4.79 Å². The molecule has 0 spiro atoms. The largest absolute Gasteiger partial charge is 0.492 e. The molecule has 0 unspecified atom stereocenters. The summed E-state index contributed by atoms with van der Waals surface area (Å²) in [4.78, 5) is 27.2. The van der Waals surface area contributed by atoms with Gasteiger partial charge in [-0.25, -0.2) is 4.79 Å². The van der Waals surface area contributed by atoms with Crippen molar-refractivity contribution in [3.8, 4) is 11.5 Å². The van der Waals surface area contributed by atoms with Gasteiger partial charge in [0.25, 0.3) is 0 Å². The molecule has 0 aromatic heterocycles. The molecule has 2 aliphatic rings. The standard InChI is InChI=1S/C33H33NO5/c1-33(2)18-17-24-13-16-27(29(37-3)30(24)39-33)21-34(31(35)25-14-15-25)28-10-6-8-23(20-28)12-11-22-7-5-9-26(19-22)32(36)38-4/h5-13,16-20,25H,14-15,21H2,1-4H3. The zero-order valence-corrected chi connectivity index (χ0v) is 22.8. The van der Waals surface area contributed by atoms with E-state index in [0.717, 1.165) is 40.8 Å². The number of nitrogens with zero attached hydrogens (tertiary/aromatic N) is 1. The zero-order valence-electron chi connectivity index (χ0n) is 22.8. The molecule has 1 aliphatic carbocycles. The topological polar surface area (TPSA) is 65.1 Å². The summed E-state index contributed by atoms with van der Waals surface area (Å²) in [7, 11) is 3.01. The van der Waals surface area contributed by atoms with Crippen LogP contribution >= 0.6 is 0 Å². The molecule has 200 valence electrons. The maximum absolute atomic E-state index is 13.5. The highest BCUT2D eigenvalue weighted by molar-refractivity contribution is 5.97. The van der Waals surface area contributed by atoms with Gasteiger partial charge in [-0.1, -0.05) is 54.6 Å². The highest BCUT2D eigenvalue weighted by Gasteiger charge is 2.35. The number of esters is 1. The molecule has 0 bridgehead atoms. The number of rotatable bonds is 8. The molecule has 0 atom stereocenters. The van der Waals surface area contributed by atoms with Crippen molar-refractivity contribution >= 4 is 35.8 Å². The number of ether oxygens (including phenoxy) is 3. The van der Waals surface area contributed by atoms with Crippen molar-refractivity contribution in [3.05, 3.63) is 94.6 Å². The van der Waals surface area contributed by atoms with E-state index >= 15 is 0 Å². The second kappa shape index (κ2) is 10.8.